The van der Waals surface area contributed by atoms with Crippen LogP contribution in [-0.2, 0) is 9.59 Å². The second-order valence-electron chi connectivity index (χ2n) is 13.1. The van der Waals surface area contributed by atoms with Gasteiger partial charge in [0.05, 0.1) is 0 Å². The standard InChI is InChI=1S/C41H48N10O5/c1-3-5-7-9-11-19-37(52)46-33-15-13-17-35(44-33)48-40(55)29-25-30(27-32(26-29)43-39(54)28-21-23-31(24-22-28)50-51-42)41(56)49-36-18-14-16-34(45-36)47-38(53)20-12-10-8-6-4-2/h13-18,21-27H,3-12,19-20H2,1-2H3,(H,43,54)(H2,44,46,48,52,55)(H2,45,47,49,53,56). The summed E-state index contributed by atoms with van der Waals surface area (Å²) < 4.78 is 0. The van der Waals surface area contributed by atoms with E-state index in [0.717, 1.165) is 64.2 Å². The molecule has 5 amide bonds. The summed E-state index contributed by atoms with van der Waals surface area (Å²) in [5.41, 5.74) is 9.41. The number of hydrogen-bond acceptors (Lipinski definition) is 8. The lowest BCUT2D eigenvalue weighted by Crippen LogP contribution is -2.19. The molecule has 0 aliphatic rings. The van der Waals surface area contributed by atoms with Gasteiger partial charge in [0.1, 0.15) is 23.3 Å². The number of carbonyl (C=O) groups is 5. The molecule has 0 bridgehead atoms. The fraction of sp³-hybridized carbons (Fsp3) is 0.341. The van der Waals surface area contributed by atoms with Gasteiger partial charge in [-0.3, -0.25) is 24.0 Å². The Morgan fingerprint density at radius 3 is 1.41 bits per heavy atom. The van der Waals surface area contributed by atoms with Crippen LogP contribution in [0.3, 0.4) is 0 Å². The van der Waals surface area contributed by atoms with E-state index in [9.17, 15) is 24.0 Å². The molecule has 292 valence electrons. The lowest BCUT2D eigenvalue weighted by molar-refractivity contribution is -0.117. The van der Waals surface area contributed by atoms with Crippen LogP contribution < -0.4 is 26.6 Å². The van der Waals surface area contributed by atoms with Gasteiger partial charge in [0, 0.05) is 45.8 Å². The van der Waals surface area contributed by atoms with Crippen LogP contribution in [0.4, 0.5) is 34.6 Å². The quantitative estimate of drug-likeness (QED) is 0.0239. The van der Waals surface area contributed by atoms with Crippen molar-refractivity contribution in [3.63, 3.8) is 0 Å². The Morgan fingerprint density at radius 1 is 0.536 bits per heavy atom. The molecule has 5 N–H and O–H groups in total. The first kappa shape index (κ1) is 42.1. The summed E-state index contributed by atoms with van der Waals surface area (Å²) in [4.78, 5) is 76.8. The van der Waals surface area contributed by atoms with Crippen molar-refractivity contribution in [2.75, 3.05) is 26.6 Å². The van der Waals surface area contributed by atoms with Crippen molar-refractivity contribution in [1.29, 1.82) is 0 Å². The number of pyridine rings is 2. The molecule has 0 fully saturated rings. The van der Waals surface area contributed by atoms with E-state index >= 15 is 0 Å². The van der Waals surface area contributed by atoms with Crippen molar-refractivity contribution in [3.8, 4) is 0 Å². The lowest BCUT2D eigenvalue weighted by Gasteiger charge is -2.13. The number of nitrogens with zero attached hydrogens (tertiary/aromatic N) is 5. The molecule has 15 nitrogen and oxygen atoms in total. The van der Waals surface area contributed by atoms with Crippen LogP contribution >= 0.6 is 0 Å². The minimum absolute atomic E-state index is 0.0166. The Kier molecular flexibility index (Phi) is 17.0. The Hall–Kier alpha value is -6.60. The van der Waals surface area contributed by atoms with Crippen molar-refractivity contribution in [3.05, 3.63) is 106 Å². The molecule has 0 saturated carbocycles. The molecule has 0 aliphatic heterocycles. The molecule has 0 unspecified atom stereocenters. The number of hydrogen-bond donors (Lipinski definition) is 5. The summed E-state index contributed by atoms with van der Waals surface area (Å²) in [5, 5.41) is 17.2. The number of azide groups is 1. The predicted octanol–water partition coefficient (Wildman–Crippen LogP) is 9.77. The second-order valence-corrected chi connectivity index (χ2v) is 13.1. The summed E-state index contributed by atoms with van der Waals surface area (Å²) in [6.07, 6.45) is 10.8. The van der Waals surface area contributed by atoms with Gasteiger partial charge in [-0.2, -0.15) is 0 Å². The fourth-order valence-electron chi connectivity index (χ4n) is 5.61. The summed E-state index contributed by atoms with van der Waals surface area (Å²) in [7, 11) is 0. The first-order chi connectivity index (χ1) is 27.2. The van der Waals surface area contributed by atoms with Crippen LogP contribution in [0.15, 0.2) is 84.0 Å². The Labute approximate surface area is 326 Å². The van der Waals surface area contributed by atoms with Crippen LogP contribution in [0.1, 0.15) is 122 Å². The molecule has 2 aromatic heterocycles. The van der Waals surface area contributed by atoms with E-state index in [-0.39, 0.29) is 57.5 Å². The van der Waals surface area contributed by atoms with E-state index in [1.54, 1.807) is 36.4 Å². The fourth-order valence-corrected chi connectivity index (χ4v) is 5.61. The third-order valence-electron chi connectivity index (χ3n) is 8.54. The van der Waals surface area contributed by atoms with Crippen molar-refractivity contribution in [2.45, 2.75) is 90.9 Å². The highest BCUT2D eigenvalue weighted by Crippen LogP contribution is 2.21. The van der Waals surface area contributed by atoms with Gasteiger partial charge < -0.3 is 26.6 Å². The molecular formula is C41H48N10O5. The van der Waals surface area contributed by atoms with Gasteiger partial charge >= 0.3 is 0 Å². The van der Waals surface area contributed by atoms with E-state index in [0.29, 0.717) is 18.5 Å². The SMILES string of the molecule is CCCCCCCC(=O)Nc1cccc(NC(=O)c2cc(NC(=O)c3ccc(N=[N+]=[N-])cc3)cc(C(=O)Nc3cccc(NC(=O)CCCCCCC)n3)c2)n1. The molecule has 2 heterocycles. The zero-order valence-corrected chi connectivity index (χ0v) is 31.8. The molecule has 0 saturated heterocycles. The highest BCUT2D eigenvalue weighted by molar-refractivity contribution is 6.11. The van der Waals surface area contributed by atoms with Crippen molar-refractivity contribution in [1.82, 2.24) is 9.97 Å². The maximum Gasteiger partial charge on any atom is 0.256 e. The van der Waals surface area contributed by atoms with Crippen molar-refractivity contribution in [2.24, 2.45) is 5.11 Å². The van der Waals surface area contributed by atoms with Crippen LogP contribution in [0.2, 0.25) is 0 Å². The van der Waals surface area contributed by atoms with Gasteiger partial charge in [0.25, 0.3) is 17.7 Å². The number of nitrogens with one attached hydrogen (secondary N) is 5. The number of anilines is 5. The largest absolute Gasteiger partial charge is 0.322 e. The third kappa shape index (κ3) is 14.3. The van der Waals surface area contributed by atoms with Crippen LogP contribution in [-0.4, -0.2) is 39.5 Å². The average Bonchev–Trinajstić information content (AvgIpc) is 3.18. The first-order valence-electron chi connectivity index (χ1n) is 19.0. The van der Waals surface area contributed by atoms with E-state index in [2.05, 4.69) is 60.4 Å². The predicted molar refractivity (Wildman–Crippen MR) is 218 cm³/mol. The molecule has 56 heavy (non-hydrogen) atoms. The zero-order valence-electron chi connectivity index (χ0n) is 31.8. The monoisotopic (exact) mass is 760 g/mol. The Bertz CT molecular complexity index is 1930. The van der Waals surface area contributed by atoms with Crippen LogP contribution in [0.5, 0.6) is 0 Å². The number of rotatable bonds is 21. The van der Waals surface area contributed by atoms with E-state index in [4.69, 9.17) is 5.53 Å². The molecule has 0 atom stereocenters. The number of unbranched alkanes of at least 4 members (excludes halogenated alkanes) is 8. The maximum absolute atomic E-state index is 13.6. The smallest absolute Gasteiger partial charge is 0.256 e. The van der Waals surface area contributed by atoms with E-state index < -0.39 is 17.7 Å². The Morgan fingerprint density at radius 2 is 0.964 bits per heavy atom. The normalized spacial score (nSPS) is 10.5. The topological polar surface area (TPSA) is 220 Å². The highest BCUT2D eigenvalue weighted by atomic mass is 16.2. The number of amides is 5. The number of carbonyl (C=O) groups excluding carboxylic acids is 5. The Balaban J connectivity index is 1.51. The summed E-state index contributed by atoms with van der Waals surface area (Å²) >= 11 is 0. The van der Waals surface area contributed by atoms with Crippen molar-refractivity contribution < 1.29 is 24.0 Å². The summed E-state index contributed by atoms with van der Waals surface area (Å²) in [6.45, 7) is 4.26. The highest BCUT2D eigenvalue weighted by Gasteiger charge is 2.17. The number of benzene rings is 2. The summed E-state index contributed by atoms with van der Waals surface area (Å²) in [6, 6.07) is 19.7. The summed E-state index contributed by atoms with van der Waals surface area (Å²) in [5.74, 6) is -1.34. The minimum atomic E-state index is -0.640. The molecule has 15 heteroatoms. The van der Waals surface area contributed by atoms with E-state index in [1.807, 2.05) is 0 Å². The molecule has 0 spiro atoms. The van der Waals surface area contributed by atoms with Gasteiger partial charge in [-0.05, 0) is 73.0 Å². The lowest BCUT2D eigenvalue weighted by atomic mass is 10.1. The van der Waals surface area contributed by atoms with Gasteiger partial charge in [0.2, 0.25) is 11.8 Å². The molecular weight excluding hydrogens is 713 g/mol. The van der Waals surface area contributed by atoms with Gasteiger partial charge in [-0.15, -0.1) is 0 Å². The first-order valence-corrected chi connectivity index (χ1v) is 19.0. The third-order valence-corrected chi connectivity index (χ3v) is 8.54. The second kappa shape index (κ2) is 22.6. The molecule has 2 aromatic carbocycles. The molecule has 0 aliphatic carbocycles. The van der Waals surface area contributed by atoms with Crippen molar-refractivity contribution >= 4 is 64.2 Å². The molecule has 4 rings (SSSR count). The number of aromatic nitrogens is 2. The van der Waals surface area contributed by atoms with Gasteiger partial charge in [-0.1, -0.05) is 94.6 Å². The molecule has 4 aromatic rings. The van der Waals surface area contributed by atoms with Crippen LogP contribution in [0, 0.1) is 0 Å². The minimum Gasteiger partial charge on any atom is -0.322 e. The van der Waals surface area contributed by atoms with Crippen LogP contribution in [0.25, 0.3) is 10.4 Å². The zero-order chi connectivity index (χ0) is 40.1. The van der Waals surface area contributed by atoms with E-state index in [1.165, 1.54) is 42.5 Å². The average molecular weight is 761 g/mol. The van der Waals surface area contributed by atoms with Gasteiger partial charge in [0.15, 0.2) is 0 Å². The molecule has 0 radical (unpaired) electrons. The maximum atomic E-state index is 13.6. The van der Waals surface area contributed by atoms with Gasteiger partial charge in [-0.25, -0.2) is 9.97 Å².